The zero-order chi connectivity index (χ0) is 14.1. The van der Waals surface area contributed by atoms with Gasteiger partial charge in [-0.25, -0.2) is 4.98 Å². The molecule has 5 heteroatoms. The van der Waals surface area contributed by atoms with E-state index >= 15 is 0 Å². The molecule has 0 fully saturated rings. The Morgan fingerprint density at radius 1 is 1.21 bits per heavy atom. The van der Waals surface area contributed by atoms with E-state index in [9.17, 15) is 0 Å². The van der Waals surface area contributed by atoms with Crippen molar-refractivity contribution in [1.82, 2.24) is 20.2 Å². The van der Waals surface area contributed by atoms with Gasteiger partial charge < -0.3 is 0 Å². The normalized spacial score (nSPS) is 13.1. The highest BCUT2D eigenvalue weighted by molar-refractivity contribution is 4.91. The fraction of sp³-hybridized carbons (Fsp3) is 0.857. The van der Waals surface area contributed by atoms with Crippen LogP contribution in [0.15, 0.2) is 6.33 Å². The van der Waals surface area contributed by atoms with Gasteiger partial charge in [0.2, 0.25) is 0 Å². The Labute approximate surface area is 116 Å². The van der Waals surface area contributed by atoms with Crippen molar-refractivity contribution in [3.8, 4) is 0 Å². The van der Waals surface area contributed by atoms with Crippen molar-refractivity contribution in [2.45, 2.75) is 71.9 Å². The third-order valence-corrected chi connectivity index (χ3v) is 3.64. The summed E-state index contributed by atoms with van der Waals surface area (Å²) in [6.07, 6.45) is 8.41. The summed E-state index contributed by atoms with van der Waals surface area (Å²) in [5.74, 6) is 7.43. The first-order valence-corrected chi connectivity index (χ1v) is 7.59. The van der Waals surface area contributed by atoms with Crippen LogP contribution in [-0.4, -0.2) is 20.8 Å². The summed E-state index contributed by atoms with van der Waals surface area (Å²) >= 11 is 0. The minimum atomic E-state index is 0.291. The van der Waals surface area contributed by atoms with Crippen LogP contribution in [-0.2, 0) is 13.0 Å². The second-order valence-electron chi connectivity index (χ2n) is 5.21. The van der Waals surface area contributed by atoms with Crippen LogP contribution in [0.5, 0.6) is 0 Å². The highest BCUT2D eigenvalue weighted by atomic mass is 15.3. The van der Waals surface area contributed by atoms with E-state index in [1.165, 1.54) is 25.7 Å². The number of aryl methyl sites for hydroxylation is 1. The van der Waals surface area contributed by atoms with Gasteiger partial charge in [-0.15, -0.1) is 0 Å². The minimum Gasteiger partial charge on any atom is -0.271 e. The molecule has 19 heavy (non-hydrogen) atoms. The van der Waals surface area contributed by atoms with E-state index in [0.29, 0.717) is 12.0 Å². The van der Waals surface area contributed by atoms with Gasteiger partial charge in [-0.05, 0) is 25.2 Å². The summed E-state index contributed by atoms with van der Waals surface area (Å²) in [7, 11) is 0. The van der Waals surface area contributed by atoms with Gasteiger partial charge >= 0.3 is 0 Å². The quantitative estimate of drug-likeness (QED) is 0.504. The lowest BCUT2D eigenvalue weighted by Crippen LogP contribution is -2.43. The average molecular weight is 267 g/mol. The fourth-order valence-corrected chi connectivity index (χ4v) is 2.69. The molecule has 1 heterocycles. The Morgan fingerprint density at radius 3 is 2.42 bits per heavy atom. The van der Waals surface area contributed by atoms with Gasteiger partial charge in [-0.1, -0.05) is 33.6 Å². The predicted octanol–water partition coefficient (Wildman–Crippen LogP) is 2.28. The Morgan fingerprint density at radius 2 is 1.89 bits per heavy atom. The molecule has 1 atom stereocenters. The summed E-state index contributed by atoms with van der Waals surface area (Å²) in [6, 6.07) is 0.291. The van der Waals surface area contributed by atoms with Gasteiger partial charge in [0.1, 0.15) is 12.2 Å². The van der Waals surface area contributed by atoms with Crippen molar-refractivity contribution >= 4 is 0 Å². The van der Waals surface area contributed by atoms with E-state index in [1.54, 1.807) is 6.33 Å². The van der Waals surface area contributed by atoms with Crippen LogP contribution in [0.3, 0.4) is 0 Å². The second-order valence-corrected chi connectivity index (χ2v) is 5.21. The number of rotatable bonds is 10. The topological polar surface area (TPSA) is 68.8 Å². The van der Waals surface area contributed by atoms with Gasteiger partial charge in [0.25, 0.3) is 0 Å². The van der Waals surface area contributed by atoms with Crippen molar-refractivity contribution in [1.29, 1.82) is 0 Å². The molecule has 0 amide bonds. The number of nitrogens with one attached hydrogen (secondary N) is 1. The summed E-state index contributed by atoms with van der Waals surface area (Å²) < 4.78 is 2.00. The first kappa shape index (κ1) is 16.1. The molecule has 1 rings (SSSR count). The highest BCUT2D eigenvalue weighted by Gasteiger charge is 2.21. The van der Waals surface area contributed by atoms with Gasteiger partial charge in [-0.3, -0.25) is 16.0 Å². The van der Waals surface area contributed by atoms with E-state index in [4.69, 9.17) is 5.84 Å². The molecule has 0 aliphatic rings. The maximum absolute atomic E-state index is 5.77. The van der Waals surface area contributed by atoms with Gasteiger partial charge in [0, 0.05) is 19.0 Å². The molecular formula is C14H29N5. The molecule has 110 valence electrons. The van der Waals surface area contributed by atoms with Crippen LogP contribution in [0.4, 0.5) is 0 Å². The molecular weight excluding hydrogens is 238 g/mol. The SMILES string of the molecule is CCCC(CCC)C(Cc1ncnn1CCC)NN. The first-order chi connectivity index (χ1) is 9.26. The Bertz CT molecular complexity index is 330. The third kappa shape index (κ3) is 4.91. The van der Waals surface area contributed by atoms with E-state index in [-0.39, 0.29) is 0 Å². The van der Waals surface area contributed by atoms with E-state index in [1.807, 2.05) is 4.68 Å². The van der Waals surface area contributed by atoms with Crippen LogP contribution in [0, 0.1) is 5.92 Å². The number of nitrogens with zero attached hydrogens (tertiary/aromatic N) is 3. The molecule has 0 aromatic carbocycles. The smallest absolute Gasteiger partial charge is 0.138 e. The lowest BCUT2D eigenvalue weighted by atomic mass is 9.88. The average Bonchev–Trinajstić information content (AvgIpc) is 2.83. The molecule has 0 aliphatic heterocycles. The maximum Gasteiger partial charge on any atom is 0.138 e. The monoisotopic (exact) mass is 267 g/mol. The number of hydrazine groups is 1. The first-order valence-electron chi connectivity index (χ1n) is 7.59. The fourth-order valence-electron chi connectivity index (χ4n) is 2.69. The molecule has 3 N–H and O–H groups in total. The van der Waals surface area contributed by atoms with Crippen LogP contribution in [0.25, 0.3) is 0 Å². The van der Waals surface area contributed by atoms with E-state index < -0.39 is 0 Å². The number of nitrogens with two attached hydrogens (primary N) is 1. The van der Waals surface area contributed by atoms with Gasteiger partial charge in [-0.2, -0.15) is 5.10 Å². The van der Waals surface area contributed by atoms with E-state index in [0.717, 1.165) is 25.2 Å². The molecule has 0 aliphatic carbocycles. The lowest BCUT2D eigenvalue weighted by molar-refractivity contribution is 0.304. The van der Waals surface area contributed by atoms with Crippen molar-refractivity contribution in [2.24, 2.45) is 11.8 Å². The van der Waals surface area contributed by atoms with Crippen LogP contribution < -0.4 is 11.3 Å². The maximum atomic E-state index is 5.77. The van der Waals surface area contributed by atoms with Crippen molar-refractivity contribution < 1.29 is 0 Å². The molecule has 0 radical (unpaired) electrons. The minimum absolute atomic E-state index is 0.291. The molecule has 0 bridgehead atoms. The Kier molecular flexibility index (Phi) is 7.67. The third-order valence-electron chi connectivity index (χ3n) is 3.64. The van der Waals surface area contributed by atoms with E-state index in [2.05, 4.69) is 36.3 Å². The molecule has 0 spiro atoms. The molecule has 1 aromatic rings. The molecule has 1 aromatic heterocycles. The number of hydrogen-bond acceptors (Lipinski definition) is 4. The summed E-state index contributed by atoms with van der Waals surface area (Å²) in [4.78, 5) is 4.38. The van der Waals surface area contributed by atoms with Crippen molar-refractivity contribution in [3.63, 3.8) is 0 Å². The molecule has 5 nitrogen and oxygen atoms in total. The second kappa shape index (κ2) is 9.04. The zero-order valence-corrected chi connectivity index (χ0v) is 12.6. The van der Waals surface area contributed by atoms with Crippen molar-refractivity contribution in [3.05, 3.63) is 12.2 Å². The molecule has 0 saturated heterocycles. The summed E-state index contributed by atoms with van der Waals surface area (Å²) in [6.45, 7) is 7.55. The summed E-state index contributed by atoms with van der Waals surface area (Å²) in [5.41, 5.74) is 3.00. The van der Waals surface area contributed by atoms with Crippen LogP contribution in [0.1, 0.15) is 58.7 Å². The Balaban J connectivity index is 2.70. The molecule has 1 unspecified atom stereocenters. The van der Waals surface area contributed by atoms with Crippen LogP contribution in [0.2, 0.25) is 0 Å². The standard InChI is InChI=1S/C14H29N5/c1-4-7-12(8-5-2)13(18-15)10-14-16-11-17-19(14)9-6-3/h11-13,18H,4-10,15H2,1-3H3. The zero-order valence-electron chi connectivity index (χ0n) is 12.6. The van der Waals surface area contributed by atoms with Gasteiger partial charge in [0.15, 0.2) is 0 Å². The lowest BCUT2D eigenvalue weighted by Gasteiger charge is -2.26. The Hall–Kier alpha value is -0.940. The number of hydrogen-bond donors (Lipinski definition) is 2. The molecule has 0 saturated carbocycles. The predicted molar refractivity (Wildman–Crippen MR) is 78.4 cm³/mol. The van der Waals surface area contributed by atoms with Crippen molar-refractivity contribution in [2.75, 3.05) is 0 Å². The largest absolute Gasteiger partial charge is 0.271 e. The number of aromatic nitrogens is 3. The highest BCUT2D eigenvalue weighted by Crippen LogP contribution is 2.20. The van der Waals surface area contributed by atoms with Gasteiger partial charge in [0.05, 0.1) is 0 Å². The summed E-state index contributed by atoms with van der Waals surface area (Å²) in [5, 5.41) is 4.28. The van der Waals surface area contributed by atoms with Crippen LogP contribution >= 0.6 is 0 Å².